The standard InChI is InChI=1S/C17H17N3O4/c1-8(15(22)19-14-11(21)3-2-6-18-14)20-16(23)12-9-4-5-10(7-9)13(12)17(20)24/h2-6,8-10,12-13,21H,7H2,1H3,(H,18,19,22)/t8-,9+,10+,12-,13-/m1/s1. The number of rotatable bonds is 3. The zero-order valence-electron chi connectivity index (χ0n) is 13.0. The molecule has 3 aliphatic rings. The fraction of sp³-hybridized carbons (Fsp3) is 0.412. The van der Waals surface area contributed by atoms with Crippen LogP contribution in [0.4, 0.5) is 5.82 Å². The van der Waals surface area contributed by atoms with Crippen molar-refractivity contribution in [1.82, 2.24) is 9.88 Å². The molecule has 1 aliphatic heterocycles. The maximum Gasteiger partial charge on any atom is 0.248 e. The molecule has 5 atom stereocenters. The molecule has 2 heterocycles. The molecular formula is C17H17N3O4. The third-order valence-electron chi connectivity index (χ3n) is 5.30. The van der Waals surface area contributed by atoms with Crippen LogP contribution >= 0.6 is 0 Å². The molecule has 124 valence electrons. The Bertz CT molecular complexity index is 745. The summed E-state index contributed by atoms with van der Waals surface area (Å²) in [5.74, 6) is -1.69. The molecule has 3 amide bonds. The summed E-state index contributed by atoms with van der Waals surface area (Å²) in [5, 5.41) is 12.2. The minimum Gasteiger partial charge on any atom is -0.504 e. The van der Waals surface area contributed by atoms with Gasteiger partial charge in [-0.25, -0.2) is 4.98 Å². The molecule has 0 unspecified atom stereocenters. The van der Waals surface area contributed by atoms with Crippen LogP contribution in [0.3, 0.4) is 0 Å². The lowest BCUT2D eigenvalue weighted by atomic mass is 9.85. The lowest BCUT2D eigenvalue weighted by molar-refractivity contribution is -0.146. The fourth-order valence-corrected chi connectivity index (χ4v) is 4.14. The van der Waals surface area contributed by atoms with Crippen molar-refractivity contribution >= 4 is 23.5 Å². The van der Waals surface area contributed by atoms with Gasteiger partial charge in [0.15, 0.2) is 11.6 Å². The van der Waals surface area contributed by atoms with E-state index in [1.54, 1.807) is 0 Å². The highest BCUT2D eigenvalue weighted by Gasteiger charge is 2.60. The maximum absolute atomic E-state index is 12.7. The summed E-state index contributed by atoms with van der Waals surface area (Å²) in [4.78, 5) is 42.7. The molecule has 2 bridgehead atoms. The van der Waals surface area contributed by atoms with Crippen molar-refractivity contribution in [2.75, 3.05) is 5.32 Å². The molecule has 24 heavy (non-hydrogen) atoms. The second kappa shape index (κ2) is 5.15. The SMILES string of the molecule is C[C@H](C(=O)Nc1ncccc1O)N1C(=O)[C@H]2[C@H](C1=O)[C@H]1C=C[C@H]2C1. The predicted octanol–water partition coefficient (Wildman–Crippen LogP) is 0.921. The Morgan fingerprint density at radius 3 is 2.50 bits per heavy atom. The topological polar surface area (TPSA) is 99.6 Å². The van der Waals surface area contributed by atoms with E-state index in [2.05, 4.69) is 10.3 Å². The number of carbonyl (C=O) groups excluding carboxylic acids is 3. The number of aromatic nitrogens is 1. The highest BCUT2D eigenvalue weighted by Crippen LogP contribution is 2.52. The lowest BCUT2D eigenvalue weighted by Crippen LogP contribution is -2.46. The summed E-state index contributed by atoms with van der Waals surface area (Å²) in [6.45, 7) is 1.52. The van der Waals surface area contributed by atoms with Gasteiger partial charge >= 0.3 is 0 Å². The molecule has 1 aromatic rings. The lowest BCUT2D eigenvalue weighted by Gasteiger charge is -2.23. The normalized spacial score (nSPS) is 31.5. The summed E-state index contributed by atoms with van der Waals surface area (Å²) in [7, 11) is 0. The zero-order chi connectivity index (χ0) is 17.0. The Morgan fingerprint density at radius 1 is 1.29 bits per heavy atom. The number of nitrogens with one attached hydrogen (secondary N) is 1. The Balaban J connectivity index is 1.54. The summed E-state index contributed by atoms with van der Waals surface area (Å²) < 4.78 is 0. The van der Waals surface area contributed by atoms with E-state index in [0.29, 0.717) is 0 Å². The molecule has 1 saturated carbocycles. The van der Waals surface area contributed by atoms with E-state index in [1.807, 2.05) is 12.2 Å². The Kier molecular flexibility index (Phi) is 3.19. The smallest absolute Gasteiger partial charge is 0.248 e. The molecule has 7 nitrogen and oxygen atoms in total. The second-order valence-electron chi connectivity index (χ2n) is 6.58. The molecule has 0 aromatic carbocycles. The average molecular weight is 327 g/mol. The first-order chi connectivity index (χ1) is 11.5. The summed E-state index contributed by atoms with van der Waals surface area (Å²) in [6.07, 6.45) is 6.30. The number of anilines is 1. The molecule has 2 fully saturated rings. The van der Waals surface area contributed by atoms with Crippen molar-refractivity contribution in [3.63, 3.8) is 0 Å². The number of hydrogen-bond acceptors (Lipinski definition) is 5. The Labute approximate surface area is 138 Å². The van der Waals surface area contributed by atoms with Crippen LogP contribution in [0.5, 0.6) is 5.75 Å². The summed E-state index contributed by atoms with van der Waals surface area (Å²) in [5.41, 5.74) is 0. The average Bonchev–Trinajstić information content (AvgIpc) is 3.23. The van der Waals surface area contributed by atoms with Gasteiger partial charge < -0.3 is 10.4 Å². The number of imide groups is 1. The number of aromatic hydroxyl groups is 1. The van der Waals surface area contributed by atoms with Crippen LogP contribution in [-0.4, -0.2) is 38.8 Å². The van der Waals surface area contributed by atoms with Crippen LogP contribution < -0.4 is 5.32 Å². The van der Waals surface area contributed by atoms with E-state index in [9.17, 15) is 19.5 Å². The molecule has 7 heteroatoms. The minimum absolute atomic E-state index is 0.00961. The van der Waals surface area contributed by atoms with E-state index < -0.39 is 11.9 Å². The van der Waals surface area contributed by atoms with Gasteiger partial charge in [0.05, 0.1) is 11.8 Å². The van der Waals surface area contributed by atoms with Gasteiger partial charge in [-0.2, -0.15) is 0 Å². The van der Waals surface area contributed by atoms with E-state index >= 15 is 0 Å². The molecule has 2 aliphatic carbocycles. The van der Waals surface area contributed by atoms with E-state index in [1.165, 1.54) is 25.3 Å². The number of likely N-dealkylation sites (tertiary alicyclic amines) is 1. The zero-order valence-corrected chi connectivity index (χ0v) is 13.0. The van der Waals surface area contributed by atoms with Crippen LogP contribution in [0, 0.1) is 23.7 Å². The van der Waals surface area contributed by atoms with E-state index in [4.69, 9.17) is 0 Å². The van der Waals surface area contributed by atoms with Crippen LogP contribution in [0.1, 0.15) is 13.3 Å². The minimum atomic E-state index is -0.948. The van der Waals surface area contributed by atoms with Gasteiger partial charge in [-0.3, -0.25) is 19.3 Å². The van der Waals surface area contributed by atoms with E-state index in [-0.39, 0.29) is 47.1 Å². The number of hydrogen-bond donors (Lipinski definition) is 2. The first-order valence-corrected chi connectivity index (χ1v) is 7.99. The molecule has 1 aromatic heterocycles. The largest absolute Gasteiger partial charge is 0.504 e. The van der Waals surface area contributed by atoms with Crippen molar-refractivity contribution in [3.8, 4) is 5.75 Å². The first kappa shape index (κ1) is 14.9. The first-order valence-electron chi connectivity index (χ1n) is 7.99. The molecule has 1 saturated heterocycles. The highest BCUT2D eigenvalue weighted by atomic mass is 16.3. The number of pyridine rings is 1. The predicted molar refractivity (Wildman–Crippen MR) is 83.6 cm³/mol. The van der Waals surface area contributed by atoms with Gasteiger partial charge in [0.1, 0.15) is 6.04 Å². The van der Waals surface area contributed by atoms with Gasteiger partial charge in [0, 0.05) is 6.20 Å². The summed E-state index contributed by atoms with van der Waals surface area (Å²) >= 11 is 0. The molecule has 4 rings (SSSR count). The number of fused-ring (bicyclic) bond motifs is 5. The van der Waals surface area contributed by atoms with Crippen molar-refractivity contribution < 1.29 is 19.5 Å². The van der Waals surface area contributed by atoms with Crippen molar-refractivity contribution in [3.05, 3.63) is 30.5 Å². The second-order valence-corrected chi connectivity index (χ2v) is 6.58. The van der Waals surface area contributed by atoms with Gasteiger partial charge in [-0.1, -0.05) is 12.2 Å². The summed E-state index contributed by atoms with van der Waals surface area (Å²) in [6, 6.07) is 1.98. The highest BCUT2D eigenvalue weighted by molar-refractivity contribution is 6.10. The molecular weight excluding hydrogens is 310 g/mol. The maximum atomic E-state index is 12.7. The Hall–Kier alpha value is -2.70. The van der Waals surface area contributed by atoms with Crippen LogP contribution in [0.25, 0.3) is 0 Å². The van der Waals surface area contributed by atoms with Crippen molar-refractivity contribution in [2.45, 2.75) is 19.4 Å². The Morgan fingerprint density at radius 2 is 1.92 bits per heavy atom. The van der Waals surface area contributed by atoms with Crippen molar-refractivity contribution in [2.24, 2.45) is 23.7 Å². The number of nitrogens with zero attached hydrogens (tertiary/aromatic N) is 2. The van der Waals surface area contributed by atoms with Gasteiger partial charge in [0.25, 0.3) is 0 Å². The monoisotopic (exact) mass is 327 g/mol. The van der Waals surface area contributed by atoms with Crippen LogP contribution in [0.15, 0.2) is 30.5 Å². The van der Waals surface area contributed by atoms with Gasteiger partial charge in [0.2, 0.25) is 17.7 Å². The number of carbonyl (C=O) groups is 3. The molecule has 2 N–H and O–H groups in total. The number of allylic oxidation sites excluding steroid dienone is 2. The molecule has 0 spiro atoms. The van der Waals surface area contributed by atoms with Gasteiger partial charge in [-0.05, 0) is 37.3 Å². The van der Waals surface area contributed by atoms with Crippen molar-refractivity contribution in [1.29, 1.82) is 0 Å². The number of amides is 3. The van der Waals surface area contributed by atoms with Crippen LogP contribution in [-0.2, 0) is 14.4 Å². The van der Waals surface area contributed by atoms with Gasteiger partial charge in [-0.15, -0.1) is 0 Å². The molecule has 0 radical (unpaired) electrons. The van der Waals surface area contributed by atoms with E-state index in [0.717, 1.165) is 11.3 Å². The fourth-order valence-electron chi connectivity index (χ4n) is 4.14. The van der Waals surface area contributed by atoms with Crippen LogP contribution in [0.2, 0.25) is 0 Å². The quantitative estimate of drug-likeness (QED) is 0.635. The third-order valence-corrected chi connectivity index (χ3v) is 5.30. The third kappa shape index (κ3) is 1.97.